The Balaban J connectivity index is 1.74. The van der Waals surface area contributed by atoms with Gasteiger partial charge in [-0.05, 0) is 48.0 Å². The number of rotatable bonds is 6. The highest BCUT2D eigenvalue weighted by Gasteiger charge is 2.13. The summed E-state index contributed by atoms with van der Waals surface area (Å²) in [4.78, 5) is 41.6. The molecular formula is C21H18FN3O4. The van der Waals surface area contributed by atoms with E-state index in [2.05, 4.69) is 10.6 Å². The van der Waals surface area contributed by atoms with Gasteiger partial charge in [-0.3, -0.25) is 14.4 Å². The topological polar surface area (TPSA) is 89.4 Å². The second kappa shape index (κ2) is 8.83. The van der Waals surface area contributed by atoms with Crippen molar-refractivity contribution in [3.63, 3.8) is 0 Å². The van der Waals surface area contributed by atoms with Crippen LogP contribution >= 0.6 is 0 Å². The van der Waals surface area contributed by atoms with Crippen molar-refractivity contribution in [3.8, 4) is 0 Å². The molecule has 8 heteroatoms. The molecule has 1 aromatic heterocycles. The molecule has 3 rings (SSSR count). The molecule has 2 N–H and O–H groups in total. The zero-order valence-corrected chi connectivity index (χ0v) is 15.5. The molecule has 2 amide bonds. The number of nitrogens with zero attached hydrogens (tertiary/aromatic N) is 1. The number of halogens is 1. The van der Waals surface area contributed by atoms with Gasteiger partial charge in [0.2, 0.25) is 5.91 Å². The Hall–Kier alpha value is -3.94. The van der Waals surface area contributed by atoms with Gasteiger partial charge in [0.1, 0.15) is 18.0 Å². The normalized spacial score (nSPS) is 10.3. The van der Waals surface area contributed by atoms with E-state index in [9.17, 15) is 18.8 Å². The lowest BCUT2D eigenvalue weighted by atomic mass is 10.2. The van der Waals surface area contributed by atoms with Crippen LogP contribution in [0.2, 0.25) is 0 Å². The number of nitrogens with one attached hydrogen (secondary N) is 2. The van der Waals surface area contributed by atoms with Crippen molar-refractivity contribution in [2.75, 3.05) is 10.6 Å². The first-order valence-corrected chi connectivity index (χ1v) is 8.71. The Labute approximate surface area is 165 Å². The summed E-state index contributed by atoms with van der Waals surface area (Å²) in [6.45, 7) is 1.34. The Morgan fingerprint density at radius 2 is 1.72 bits per heavy atom. The second-order valence-electron chi connectivity index (χ2n) is 6.17. The van der Waals surface area contributed by atoms with Crippen molar-refractivity contribution in [2.45, 2.75) is 13.5 Å². The summed E-state index contributed by atoms with van der Waals surface area (Å²) in [5.41, 5.74) is 0.688. The summed E-state index contributed by atoms with van der Waals surface area (Å²) in [6.07, 6.45) is 1.37. The summed E-state index contributed by atoms with van der Waals surface area (Å²) in [5, 5.41) is 5.22. The van der Waals surface area contributed by atoms with Crippen molar-refractivity contribution in [1.29, 1.82) is 0 Å². The van der Waals surface area contributed by atoms with E-state index in [1.165, 1.54) is 43.5 Å². The Kier molecular flexibility index (Phi) is 6.03. The quantitative estimate of drug-likeness (QED) is 0.672. The average Bonchev–Trinajstić information content (AvgIpc) is 2.67. The fraction of sp³-hybridized carbons (Fsp3) is 0.0952. The maximum atomic E-state index is 13.2. The fourth-order valence-corrected chi connectivity index (χ4v) is 2.60. The molecule has 0 aliphatic carbocycles. The van der Waals surface area contributed by atoms with E-state index in [0.717, 1.165) is 4.73 Å². The van der Waals surface area contributed by atoms with E-state index >= 15 is 0 Å². The summed E-state index contributed by atoms with van der Waals surface area (Å²) >= 11 is 0. The second-order valence-corrected chi connectivity index (χ2v) is 6.17. The minimum atomic E-state index is -0.653. The fourth-order valence-electron chi connectivity index (χ4n) is 2.60. The molecule has 0 aliphatic rings. The van der Waals surface area contributed by atoms with Crippen LogP contribution in [-0.2, 0) is 11.4 Å². The lowest BCUT2D eigenvalue weighted by Gasteiger charge is -2.11. The molecule has 0 aliphatic heterocycles. The van der Waals surface area contributed by atoms with Crippen LogP contribution in [-0.4, -0.2) is 16.5 Å². The SMILES string of the molecule is CC(=O)Nc1cccc(NC(=O)c2cccn(OCc3cccc(F)c3)c2=O)c1. The molecule has 0 spiro atoms. The molecule has 0 radical (unpaired) electrons. The number of carbonyl (C=O) groups excluding carboxylic acids is 2. The van der Waals surface area contributed by atoms with Crippen molar-refractivity contribution in [2.24, 2.45) is 0 Å². The maximum Gasteiger partial charge on any atom is 0.295 e. The van der Waals surface area contributed by atoms with Gasteiger partial charge >= 0.3 is 0 Å². The van der Waals surface area contributed by atoms with Gasteiger partial charge in [-0.2, -0.15) is 4.73 Å². The largest absolute Gasteiger partial charge is 0.406 e. The van der Waals surface area contributed by atoms with Gasteiger partial charge in [0.25, 0.3) is 11.5 Å². The first-order chi connectivity index (χ1) is 13.9. The molecule has 1 heterocycles. The summed E-state index contributed by atoms with van der Waals surface area (Å²) in [6, 6.07) is 15.2. The van der Waals surface area contributed by atoms with E-state index in [-0.39, 0.29) is 18.1 Å². The molecule has 0 saturated heterocycles. The van der Waals surface area contributed by atoms with Gasteiger partial charge in [-0.1, -0.05) is 18.2 Å². The van der Waals surface area contributed by atoms with Crippen molar-refractivity contribution >= 4 is 23.2 Å². The molecule has 3 aromatic rings. The van der Waals surface area contributed by atoms with E-state index < -0.39 is 17.3 Å². The average molecular weight is 395 g/mol. The van der Waals surface area contributed by atoms with Crippen LogP contribution in [0.1, 0.15) is 22.8 Å². The molecule has 2 aromatic carbocycles. The number of hydrogen-bond donors (Lipinski definition) is 2. The molecule has 0 unspecified atom stereocenters. The predicted molar refractivity (Wildman–Crippen MR) is 106 cm³/mol. The van der Waals surface area contributed by atoms with E-state index in [4.69, 9.17) is 4.84 Å². The van der Waals surface area contributed by atoms with Crippen LogP contribution in [0.15, 0.2) is 71.7 Å². The van der Waals surface area contributed by atoms with Crippen molar-refractivity contribution in [3.05, 3.63) is 94.2 Å². The lowest BCUT2D eigenvalue weighted by molar-refractivity contribution is -0.114. The van der Waals surface area contributed by atoms with E-state index in [1.807, 2.05) is 0 Å². The molecule has 0 saturated carbocycles. The maximum absolute atomic E-state index is 13.2. The summed E-state index contributed by atoms with van der Waals surface area (Å²) in [5.74, 6) is -1.28. The van der Waals surface area contributed by atoms with Gasteiger partial charge in [-0.25, -0.2) is 4.39 Å². The third-order valence-electron chi connectivity index (χ3n) is 3.86. The molecule has 0 bridgehead atoms. The zero-order valence-electron chi connectivity index (χ0n) is 15.5. The first-order valence-electron chi connectivity index (χ1n) is 8.71. The van der Waals surface area contributed by atoms with Crippen LogP contribution in [0.25, 0.3) is 0 Å². The number of carbonyl (C=O) groups is 2. The first kappa shape index (κ1) is 19.8. The van der Waals surface area contributed by atoms with Crippen molar-refractivity contribution in [1.82, 2.24) is 4.73 Å². The number of benzene rings is 2. The smallest absolute Gasteiger partial charge is 0.295 e. The Bertz CT molecular complexity index is 1110. The minimum absolute atomic E-state index is 0.0402. The number of aromatic nitrogens is 1. The molecule has 148 valence electrons. The van der Waals surface area contributed by atoms with Gasteiger partial charge in [-0.15, -0.1) is 0 Å². The van der Waals surface area contributed by atoms with Crippen LogP contribution < -0.4 is 21.0 Å². The van der Waals surface area contributed by atoms with Crippen LogP contribution in [0.5, 0.6) is 0 Å². The minimum Gasteiger partial charge on any atom is -0.406 e. The zero-order chi connectivity index (χ0) is 20.8. The van der Waals surface area contributed by atoms with Crippen LogP contribution in [0.3, 0.4) is 0 Å². The Morgan fingerprint density at radius 3 is 2.45 bits per heavy atom. The summed E-state index contributed by atoms with van der Waals surface area (Å²) < 4.78 is 14.2. The highest BCUT2D eigenvalue weighted by Crippen LogP contribution is 2.15. The molecule has 7 nitrogen and oxygen atoms in total. The van der Waals surface area contributed by atoms with Crippen LogP contribution in [0.4, 0.5) is 15.8 Å². The molecule has 0 fully saturated rings. The van der Waals surface area contributed by atoms with Gasteiger partial charge in [0.05, 0.1) is 0 Å². The molecule has 0 atom stereocenters. The van der Waals surface area contributed by atoms with E-state index in [1.54, 1.807) is 30.3 Å². The highest BCUT2D eigenvalue weighted by atomic mass is 19.1. The predicted octanol–water partition coefficient (Wildman–Crippen LogP) is 2.83. The third-order valence-corrected chi connectivity index (χ3v) is 3.86. The highest BCUT2D eigenvalue weighted by molar-refractivity contribution is 6.04. The third kappa shape index (κ3) is 5.29. The lowest BCUT2D eigenvalue weighted by Crippen LogP contribution is -2.32. The van der Waals surface area contributed by atoms with Gasteiger partial charge in [0.15, 0.2) is 0 Å². The Morgan fingerprint density at radius 1 is 1.00 bits per heavy atom. The number of anilines is 2. The molecule has 29 heavy (non-hydrogen) atoms. The van der Waals surface area contributed by atoms with Gasteiger partial charge < -0.3 is 15.5 Å². The van der Waals surface area contributed by atoms with Crippen LogP contribution in [0, 0.1) is 5.82 Å². The van der Waals surface area contributed by atoms with Gasteiger partial charge in [0, 0.05) is 24.5 Å². The summed E-state index contributed by atoms with van der Waals surface area (Å²) in [7, 11) is 0. The monoisotopic (exact) mass is 395 g/mol. The van der Waals surface area contributed by atoms with Crippen molar-refractivity contribution < 1.29 is 18.8 Å². The number of pyridine rings is 1. The molecular weight excluding hydrogens is 377 g/mol. The number of hydrogen-bond acceptors (Lipinski definition) is 4. The number of amides is 2. The standard InChI is InChI=1S/C21H18FN3O4/c1-14(26)23-17-7-3-8-18(12-17)24-20(27)19-9-4-10-25(21(19)28)29-13-15-5-2-6-16(22)11-15/h2-12H,13H2,1H3,(H,23,26)(H,24,27). The van der Waals surface area contributed by atoms with E-state index in [0.29, 0.717) is 16.9 Å².